The lowest BCUT2D eigenvalue weighted by atomic mass is 10.2. The molecule has 0 aliphatic rings. The number of aromatic nitrogens is 2. The van der Waals surface area contributed by atoms with Crippen LogP contribution in [0, 0.1) is 0 Å². The molecule has 0 saturated carbocycles. The Morgan fingerprint density at radius 1 is 0.966 bits per heavy atom. The van der Waals surface area contributed by atoms with Gasteiger partial charge in [0.2, 0.25) is 11.7 Å². The maximum absolute atomic E-state index is 12.7. The van der Waals surface area contributed by atoms with Crippen molar-refractivity contribution in [2.45, 2.75) is 0 Å². The Morgan fingerprint density at radius 3 is 2.24 bits per heavy atom. The topological polar surface area (TPSA) is 121 Å². The standard InChI is InChI=1S/C19H19N3O7/c1-25-13-8-10(9-14(26-2)16(13)27-3)17(23)29-12-7-5-6-11-15(12)21-18(20-11)22-19(24)28-4/h5-9H,1-4H3,(H2,20,21,22,24). The number of benzene rings is 2. The van der Waals surface area contributed by atoms with E-state index >= 15 is 0 Å². The molecule has 0 spiro atoms. The minimum atomic E-state index is -0.681. The number of H-pyrrole nitrogens is 1. The van der Waals surface area contributed by atoms with Gasteiger partial charge in [-0.05, 0) is 24.3 Å². The summed E-state index contributed by atoms with van der Waals surface area (Å²) < 4.78 is 25.8. The third-order valence-electron chi connectivity index (χ3n) is 3.98. The van der Waals surface area contributed by atoms with E-state index in [0.717, 1.165) is 0 Å². The Balaban J connectivity index is 1.93. The highest BCUT2D eigenvalue weighted by atomic mass is 16.5. The number of carbonyl (C=O) groups excluding carboxylic acids is 2. The molecule has 2 aromatic carbocycles. The summed E-state index contributed by atoms with van der Waals surface area (Å²) in [6, 6.07) is 7.96. The van der Waals surface area contributed by atoms with Crippen LogP contribution in [-0.2, 0) is 4.74 Å². The lowest BCUT2D eigenvalue weighted by Crippen LogP contribution is -2.12. The van der Waals surface area contributed by atoms with E-state index in [2.05, 4.69) is 20.0 Å². The molecule has 0 bridgehead atoms. The molecule has 1 amide bonds. The van der Waals surface area contributed by atoms with Crippen molar-refractivity contribution >= 4 is 29.0 Å². The molecule has 29 heavy (non-hydrogen) atoms. The monoisotopic (exact) mass is 401 g/mol. The first-order chi connectivity index (χ1) is 14.0. The highest BCUT2D eigenvalue weighted by Gasteiger charge is 2.20. The number of methoxy groups -OCH3 is 4. The summed E-state index contributed by atoms with van der Waals surface area (Å²) in [7, 11) is 5.61. The number of aromatic amines is 1. The first-order valence-electron chi connectivity index (χ1n) is 8.36. The molecule has 152 valence electrons. The lowest BCUT2D eigenvalue weighted by molar-refractivity contribution is 0.0736. The lowest BCUT2D eigenvalue weighted by Gasteiger charge is -2.13. The van der Waals surface area contributed by atoms with Crippen molar-refractivity contribution in [2.75, 3.05) is 33.8 Å². The van der Waals surface area contributed by atoms with Gasteiger partial charge in [-0.3, -0.25) is 5.32 Å². The molecular formula is C19H19N3O7. The maximum atomic E-state index is 12.7. The molecule has 0 fully saturated rings. The number of rotatable bonds is 6. The molecule has 3 aromatic rings. The Bertz CT molecular complexity index is 1040. The zero-order chi connectivity index (χ0) is 21.0. The number of anilines is 1. The Morgan fingerprint density at radius 2 is 1.66 bits per heavy atom. The van der Waals surface area contributed by atoms with E-state index in [1.54, 1.807) is 18.2 Å². The van der Waals surface area contributed by atoms with Crippen molar-refractivity contribution in [3.05, 3.63) is 35.9 Å². The van der Waals surface area contributed by atoms with Crippen LogP contribution in [0.25, 0.3) is 11.0 Å². The molecule has 10 heteroatoms. The zero-order valence-electron chi connectivity index (χ0n) is 16.2. The average molecular weight is 401 g/mol. The van der Waals surface area contributed by atoms with Crippen LogP contribution in [0.15, 0.2) is 30.3 Å². The van der Waals surface area contributed by atoms with Crippen LogP contribution in [0.4, 0.5) is 10.7 Å². The summed E-state index contributed by atoms with van der Waals surface area (Å²) in [5, 5.41) is 2.42. The predicted molar refractivity (Wildman–Crippen MR) is 103 cm³/mol. The zero-order valence-corrected chi connectivity index (χ0v) is 16.2. The second-order valence-electron chi connectivity index (χ2n) is 5.66. The van der Waals surface area contributed by atoms with Gasteiger partial charge >= 0.3 is 12.1 Å². The van der Waals surface area contributed by atoms with Crippen molar-refractivity contribution in [3.8, 4) is 23.0 Å². The molecule has 0 unspecified atom stereocenters. The van der Waals surface area contributed by atoms with Gasteiger partial charge in [-0.15, -0.1) is 0 Å². The van der Waals surface area contributed by atoms with Crippen LogP contribution in [0.1, 0.15) is 10.4 Å². The molecule has 3 rings (SSSR count). The number of nitrogens with one attached hydrogen (secondary N) is 2. The highest BCUT2D eigenvalue weighted by Crippen LogP contribution is 2.38. The fraction of sp³-hybridized carbons (Fsp3) is 0.211. The summed E-state index contributed by atoms with van der Waals surface area (Å²) in [6.45, 7) is 0. The number of hydrogen-bond acceptors (Lipinski definition) is 8. The molecule has 1 heterocycles. The molecule has 2 N–H and O–H groups in total. The third kappa shape index (κ3) is 4.00. The smallest absolute Gasteiger partial charge is 0.413 e. The van der Waals surface area contributed by atoms with Crippen LogP contribution < -0.4 is 24.3 Å². The van der Waals surface area contributed by atoms with Gasteiger partial charge in [0.1, 0.15) is 5.52 Å². The Hall–Kier alpha value is -3.95. The number of nitrogens with zero attached hydrogens (tertiary/aromatic N) is 1. The third-order valence-corrected chi connectivity index (χ3v) is 3.98. The van der Waals surface area contributed by atoms with Gasteiger partial charge in [-0.25, -0.2) is 14.6 Å². The van der Waals surface area contributed by atoms with Gasteiger partial charge in [0.25, 0.3) is 0 Å². The number of hydrogen-bond donors (Lipinski definition) is 2. The summed E-state index contributed by atoms with van der Waals surface area (Å²) in [6.07, 6.45) is -0.681. The summed E-state index contributed by atoms with van der Waals surface area (Å²) in [4.78, 5) is 31.2. The van der Waals surface area contributed by atoms with E-state index in [-0.39, 0.29) is 17.3 Å². The SMILES string of the molecule is COC(=O)Nc1nc2c(OC(=O)c3cc(OC)c(OC)c(OC)c3)cccc2[nH]1. The molecule has 0 atom stereocenters. The van der Waals surface area contributed by atoms with Gasteiger partial charge in [-0.1, -0.05) is 6.07 Å². The van der Waals surface area contributed by atoms with E-state index < -0.39 is 12.1 Å². The Kier molecular flexibility index (Phi) is 5.72. The van der Waals surface area contributed by atoms with Crippen molar-refractivity contribution in [1.82, 2.24) is 9.97 Å². The van der Waals surface area contributed by atoms with Crippen molar-refractivity contribution in [1.29, 1.82) is 0 Å². The van der Waals surface area contributed by atoms with Crippen LogP contribution in [0.2, 0.25) is 0 Å². The minimum Gasteiger partial charge on any atom is -0.493 e. The van der Waals surface area contributed by atoms with Crippen LogP contribution in [0.3, 0.4) is 0 Å². The Labute approximate surface area is 165 Å². The van der Waals surface area contributed by atoms with Crippen LogP contribution in [0.5, 0.6) is 23.0 Å². The first kappa shape index (κ1) is 19.8. The van der Waals surface area contributed by atoms with Gasteiger partial charge in [0.05, 0.1) is 39.5 Å². The van der Waals surface area contributed by atoms with Gasteiger partial charge < -0.3 is 28.7 Å². The maximum Gasteiger partial charge on any atom is 0.413 e. The molecule has 1 aromatic heterocycles. The number of fused-ring (bicyclic) bond motifs is 1. The summed E-state index contributed by atoms with van der Waals surface area (Å²) in [5.41, 5.74) is 1.12. The van der Waals surface area contributed by atoms with E-state index in [1.165, 1.54) is 40.6 Å². The molecule has 0 aliphatic carbocycles. The minimum absolute atomic E-state index is 0.156. The van der Waals surface area contributed by atoms with Gasteiger partial charge in [-0.2, -0.15) is 0 Å². The summed E-state index contributed by atoms with van der Waals surface area (Å²) >= 11 is 0. The number of esters is 1. The quantitative estimate of drug-likeness (QED) is 0.478. The molecule has 0 radical (unpaired) electrons. The fourth-order valence-corrected chi connectivity index (χ4v) is 2.65. The normalized spacial score (nSPS) is 10.3. The van der Waals surface area contributed by atoms with Crippen LogP contribution >= 0.6 is 0 Å². The van der Waals surface area contributed by atoms with E-state index in [1.807, 2.05) is 0 Å². The number of ether oxygens (including phenoxy) is 5. The van der Waals surface area contributed by atoms with Crippen molar-refractivity contribution in [2.24, 2.45) is 0 Å². The number of para-hydroxylation sites is 1. The van der Waals surface area contributed by atoms with Crippen molar-refractivity contribution in [3.63, 3.8) is 0 Å². The molecule has 0 aliphatic heterocycles. The largest absolute Gasteiger partial charge is 0.493 e. The second kappa shape index (κ2) is 8.38. The molecule has 10 nitrogen and oxygen atoms in total. The van der Waals surface area contributed by atoms with Crippen LogP contribution in [-0.4, -0.2) is 50.5 Å². The van der Waals surface area contributed by atoms with Gasteiger partial charge in [0, 0.05) is 0 Å². The number of amides is 1. The predicted octanol–water partition coefficient (Wildman–Crippen LogP) is 2.99. The number of imidazole rings is 1. The molecular weight excluding hydrogens is 382 g/mol. The van der Waals surface area contributed by atoms with Gasteiger partial charge in [0.15, 0.2) is 17.2 Å². The average Bonchev–Trinajstić information content (AvgIpc) is 3.15. The number of carbonyl (C=O) groups is 2. The van der Waals surface area contributed by atoms with Crippen molar-refractivity contribution < 1.29 is 33.3 Å². The second-order valence-corrected chi connectivity index (χ2v) is 5.66. The fourth-order valence-electron chi connectivity index (χ4n) is 2.65. The molecule has 0 saturated heterocycles. The summed E-state index contributed by atoms with van der Waals surface area (Å²) in [5.74, 6) is 0.711. The van der Waals surface area contributed by atoms with E-state index in [0.29, 0.717) is 28.3 Å². The van der Waals surface area contributed by atoms with E-state index in [4.69, 9.17) is 18.9 Å². The van der Waals surface area contributed by atoms with E-state index in [9.17, 15) is 9.59 Å². The first-order valence-corrected chi connectivity index (χ1v) is 8.36. The highest BCUT2D eigenvalue weighted by molar-refractivity contribution is 5.95.